The van der Waals surface area contributed by atoms with Crippen molar-refractivity contribution in [2.45, 2.75) is 117 Å². The van der Waals surface area contributed by atoms with Crippen molar-refractivity contribution in [1.82, 2.24) is 9.80 Å². The van der Waals surface area contributed by atoms with Gasteiger partial charge in [-0.05, 0) is 110 Å². The highest BCUT2D eigenvalue weighted by atomic mass is 16.5. The molecule has 0 spiro atoms. The largest absolute Gasteiger partial charge is 0.464 e. The molecule has 2 atom stereocenters. The van der Waals surface area contributed by atoms with Crippen molar-refractivity contribution in [3.05, 3.63) is 143 Å². The van der Waals surface area contributed by atoms with Crippen LogP contribution in [0.25, 0.3) is 0 Å². The highest BCUT2D eigenvalue weighted by molar-refractivity contribution is 5.70. The first kappa shape index (κ1) is 42.9. The Morgan fingerprint density at radius 3 is 1.14 bits per heavy atom. The van der Waals surface area contributed by atoms with Gasteiger partial charge in [0, 0.05) is 38.0 Å². The molecule has 4 aromatic carbocycles. The summed E-state index contributed by atoms with van der Waals surface area (Å²) in [6.07, 6.45) is 8.35. The van der Waals surface area contributed by atoms with Gasteiger partial charge >= 0.3 is 11.9 Å². The summed E-state index contributed by atoms with van der Waals surface area (Å²) in [4.78, 5) is 31.2. The first-order valence-electron chi connectivity index (χ1n) is 21.3. The predicted octanol–water partition coefficient (Wildman–Crippen LogP) is 10.1. The van der Waals surface area contributed by atoms with Gasteiger partial charge in [0.1, 0.15) is 13.2 Å². The summed E-state index contributed by atoms with van der Waals surface area (Å²) in [6, 6.07) is 39.0. The molecule has 4 aliphatic rings. The summed E-state index contributed by atoms with van der Waals surface area (Å²) in [5.74, 6) is 0.414. The Hall–Kier alpha value is -4.26. The fourth-order valence-corrected chi connectivity index (χ4v) is 7.83. The molecule has 0 aliphatic carbocycles. The van der Waals surface area contributed by atoms with Gasteiger partial charge < -0.3 is 9.47 Å². The van der Waals surface area contributed by atoms with Crippen LogP contribution in [0.4, 0.5) is 0 Å². The van der Waals surface area contributed by atoms with Crippen molar-refractivity contribution in [2.75, 3.05) is 26.3 Å². The van der Waals surface area contributed by atoms with Gasteiger partial charge in [-0.15, -0.1) is 0 Å². The minimum atomic E-state index is -0.128. The van der Waals surface area contributed by atoms with Gasteiger partial charge in [-0.3, -0.25) is 19.4 Å². The average molecular weight is 759 g/mol. The van der Waals surface area contributed by atoms with Crippen molar-refractivity contribution in [2.24, 2.45) is 11.8 Å². The normalized spacial score (nSPS) is 19.8. The number of nitrogens with zero attached hydrogens (tertiary/aromatic N) is 2. The molecule has 8 rings (SSSR count). The number of hydrogen-bond donors (Lipinski definition) is 0. The second-order valence-electron chi connectivity index (χ2n) is 16.4. The zero-order chi connectivity index (χ0) is 39.5. The lowest BCUT2D eigenvalue weighted by Gasteiger charge is -2.34. The molecule has 56 heavy (non-hydrogen) atoms. The molecule has 0 unspecified atom stereocenters. The first-order chi connectivity index (χ1) is 27.2. The van der Waals surface area contributed by atoms with Gasteiger partial charge in [-0.25, -0.2) is 0 Å². The van der Waals surface area contributed by atoms with E-state index in [0.717, 1.165) is 75.8 Å². The van der Waals surface area contributed by atoms with Crippen LogP contribution in [0, 0.1) is 11.8 Å². The third kappa shape index (κ3) is 14.7. The zero-order valence-corrected chi connectivity index (χ0v) is 34.5. The molecule has 6 nitrogen and oxygen atoms in total. The summed E-state index contributed by atoms with van der Waals surface area (Å²) >= 11 is 0. The third-order valence-electron chi connectivity index (χ3n) is 11.4. The summed E-state index contributed by atoms with van der Waals surface area (Å²) in [5, 5.41) is 0. The zero-order valence-electron chi connectivity index (χ0n) is 34.5. The van der Waals surface area contributed by atoms with E-state index in [2.05, 4.69) is 147 Å². The Morgan fingerprint density at radius 1 is 0.464 bits per heavy atom. The fraction of sp³-hybridized carbons (Fsp3) is 0.480. The Morgan fingerprint density at radius 2 is 0.804 bits per heavy atom. The molecule has 0 fully saturated rings. The quantitative estimate of drug-likeness (QED) is 0.183. The molecule has 0 amide bonds. The second kappa shape index (κ2) is 23.1. The maximum atomic E-state index is 13.1. The van der Waals surface area contributed by atoms with Gasteiger partial charge in [-0.1, -0.05) is 137 Å². The van der Waals surface area contributed by atoms with E-state index in [-0.39, 0.29) is 24.0 Å². The maximum Gasteiger partial charge on any atom is 0.306 e. The third-order valence-corrected chi connectivity index (χ3v) is 11.4. The molecule has 300 valence electrons. The molecule has 0 N–H and O–H groups in total. The number of aryl methyl sites for hydroxylation is 4. The molecule has 0 saturated carbocycles. The summed E-state index contributed by atoms with van der Waals surface area (Å²) in [5.41, 5.74) is 7.49. The van der Waals surface area contributed by atoms with Crippen LogP contribution < -0.4 is 0 Å². The van der Waals surface area contributed by atoms with Crippen molar-refractivity contribution in [3.8, 4) is 0 Å². The Kier molecular flexibility index (Phi) is 17.7. The molecule has 4 heterocycles. The lowest BCUT2D eigenvalue weighted by Crippen LogP contribution is -2.43. The number of benzene rings is 4. The minimum Gasteiger partial charge on any atom is -0.464 e. The van der Waals surface area contributed by atoms with Crippen LogP contribution in [0.2, 0.25) is 0 Å². The molecule has 4 bridgehead atoms. The van der Waals surface area contributed by atoms with Crippen molar-refractivity contribution in [3.63, 3.8) is 0 Å². The van der Waals surface area contributed by atoms with E-state index in [1.807, 2.05) is 0 Å². The van der Waals surface area contributed by atoms with E-state index < -0.39 is 0 Å². The van der Waals surface area contributed by atoms with Crippen LogP contribution in [0.5, 0.6) is 0 Å². The van der Waals surface area contributed by atoms with Crippen molar-refractivity contribution in [1.29, 1.82) is 0 Å². The van der Waals surface area contributed by atoms with Gasteiger partial charge in [0.25, 0.3) is 0 Å². The molecule has 4 aliphatic heterocycles. The second-order valence-corrected chi connectivity index (χ2v) is 16.4. The first-order valence-corrected chi connectivity index (χ1v) is 21.3. The van der Waals surface area contributed by atoms with Crippen molar-refractivity contribution < 1.29 is 19.1 Å². The standard InChI is InChI=1S/C50H66N2O4/c1-39(2)47-37-55-49(53)31-29-43-25-23-42(24-26-43)16-12-14-34-52(36-46-19-9-6-10-20-46)48(40(3)4)38-56-50(54)32-30-44-27-21-41(22-28-44)15-11-13-33-51(47)35-45-17-7-5-8-18-45/h5-10,17-28,39-40,47-48H,11-16,29-38H2,1-4H3/t47-,48-/m1/s1. The smallest absolute Gasteiger partial charge is 0.306 e. The van der Waals surface area contributed by atoms with Gasteiger partial charge in [-0.2, -0.15) is 0 Å². The molecular weight excluding hydrogens is 693 g/mol. The highest BCUT2D eigenvalue weighted by Crippen LogP contribution is 2.21. The molecule has 4 aromatic rings. The van der Waals surface area contributed by atoms with Crippen LogP contribution in [0.3, 0.4) is 0 Å². The summed E-state index contributed by atoms with van der Waals surface area (Å²) in [7, 11) is 0. The van der Waals surface area contributed by atoms with E-state index in [1.165, 1.54) is 22.3 Å². The number of rotatable bonds is 6. The van der Waals surface area contributed by atoms with E-state index in [0.29, 0.717) is 50.7 Å². The topological polar surface area (TPSA) is 59.1 Å². The van der Waals surface area contributed by atoms with Gasteiger partial charge in [0.15, 0.2) is 0 Å². The molecule has 0 aromatic heterocycles. The van der Waals surface area contributed by atoms with Crippen LogP contribution in [0.15, 0.2) is 109 Å². The molecule has 0 saturated heterocycles. The van der Waals surface area contributed by atoms with Crippen LogP contribution in [-0.2, 0) is 57.8 Å². The molecule has 0 radical (unpaired) electrons. The van der Waals surface area contributed by atoms with E-state index in [4.69, 9.17) is 9.47 Å². The molecular formula is C50H66N2O4. The van der Waals surface area contributed by atoms with E-state index in [9.17, 15) is 9.59 Å². The van der Waals surface area contributed by atoms with Gasteiger partial charge in [0.05, 0.1) is 0 Å². The number of carbonyl (C=O) groups is 2. The Labute approximate surface area is 337 Å². The number of esters is 2. The lowest BCUT2D eigenvalue weighted by atomic mass is 10.00. The van der Waals surface area contributed by atoms with Crippen LogP contribution >= 0.6 is 0 Å². The predicted molar refractivity (Wildman–Crippen MR) is 228 cm³/mol. The fourth-order valence-electron chi connectivity index (χ4n) is 7.83. The SMILES string of the molecule is CC(C)[C@H]1COC(=O)CCc2ccc(cc2)CCCCN(Cc2ccccc2)[C@@H](C(C)C)COC(=O)CCc2ccc(cc2)CCCCN1Cc1ccccc1. The van der Waals surface area contributed by atoms with E-state index in [1.54, 1.807) is 0 Å². The summed E-state index contributed by atoms with van der Waals surface area (Å²) < 4.78 is 12.0. The van der Waals surface area contributed by atoms with Crippen LogP contribution in [-0.4, -0.2) is 60.1 Å². The Balaban J connectivity index is 1.27. The monoisotopic (exact) mass is 759 g/mol. The highest BCUT2D eigenvalue weighted by Gasteiger charge is 2.25. The number of carbonyl (C=O) groups excluding carboxylic acids is 2. The minimum absolute atomic E-state index is 0.128. The number of ether oxygens (including phenoxy) is 2. The average Bonchev–Trinajstić information content (AvgIpc) is 3.20. The maximum absolute atomic E-state index is 13.1. The Bertz CT molecular complexity index is 1580. The van der Waals surface area contributed by atoms with E-state index >= 15 is 0 Å². The van der Waals surface area contributed by atoms with Crippen molar-refractivity contribution >= 4 is 11.9 Å². The lowest BCUT2D eigenvalue weighted by molar-refractivity contribution is -0.147. The van der Waals surface area contributed by atoms with Gasteiger partial charge in [0.2, 0.25) is 0 Å². The van der Waals surface area contributed by atoms with Crippen LogP contribution in [0.1, 0.15) is 99.6 Å². The molecule has 6 heteroatoms. The summed E-state index contributed by atoms with van der Waals surface area (Å²) in [6.45, 7) is 13.2. The number of hydrogen-bond acceptors (Lipinski definition) is 6.